The van der Waals surface area contributed by atoms with Crippen molar-refractivity contribution in [3.05, 3.63) is 52.1 Å². The lowest BCUT2D eigenvalue weighted by Crippen LogP contribution is -2.13. The molecule has 3 nitrogen and oxygen atoms in total. The standard InChI is InChI=1S/C13H18O.C12H17NO/c1-8-7-11-5-6-12(14-4)10(3)13(11)9(8)2;1-7-9(3)13-10-5-6-11(14-4)8(2)12(7)10/h5-6,8-9H,7H2,1-4H3;5-7,9,13H,1-4H3. The van der Waals surface area contributed by atoms with Crippen LogP contribution >= 0.6 is 0 Å². The molecule has 4 unspecified atom stereocenters. The highest BCUT2D eigenvalue weighted by molar-refractivity contribution is 5.65. The molecule has 2 aliphatic rings. The third kappa shape index (κ3) is 3.47. The summed E-state index contributed by atoms with van der Waals surface area (Å²) in [5, 5.41) is 3.48. The van der Waals surface area contributed by atoms with Crippen LogP contribution in [0.2, 0.25) is 0 Å². The fourth-order valence-corrected chi connectivity index (χ4v) is 4.87. The highest BCUT2D eigenvalue weighted by Crippen LogP contribution is 2.42. The molecule has 2 aromatic carbocycles. The van der Waals surface area contributed by atoms with Crippen molar-refractivity contribution in [1.29, 1.82) is 0 Å². The number of anilines is 1. The Kier molecular flexibility index (Phi) is 5.92. The predicted molar refractivity (Wildman–Crippen MR) is 118 cm³/mol. The average Bonchev–Trinajstić information content (AvgIpc) is 3.13. The Morgan fingerprint density at radius 3 is 1.96 bits per heavy atom. The van der Waals surface area contributed by atoms with Gasteiger partial charge in [0.15, 0.2) is 0 Å². The molecule has 4 rings (SSSR count). The van der Waals surface area contributed by atoms with Gasteiger partial charge in [0.25, 0.3) is 0 Å². The smallest absolute Gasteiger partial charge is 0.122 e. The number of ether oxygens (including phenoxy) is 2. The van der Waals surface area contributed by atoms with Crippen molar-refractivity contribution < 1.29 is 9.47 Å². The molecular weight excluding hydrogens is 346 g/mol. The first-order valence-corrected chi connectivity index (χ1v) is 10.4. The largest absolute Gasteiger partial charge is 0.496 e. The van der Waals surface area contributed by atoms with E-state index >= 15 is 0 Å². The zero-order valence-electron chi connectivity index (χ0n) is 18.6. The molecule has 2 aromatic rings. The second-order valence-electron chi connectivity index (χ2n) is 8.51. The summed E-state index contributed by atoms with van der Waals surface area (Å²) in [7, 11) is 3.48. The second-order valence-corrected chi connectivity index (χ2v) is 8.51. The molecule has 0 spiro atoms. The van der Waals surface area contributed by atoms with Crippen LogP contribution in [-0.2, 0) is 6.42 Å². The molecule has 1 aliphatic heterocycles. The number of hydrogen-bond donors (Lipinski definition) is 1. The summed E-state index contributed by atoms with van der Waals surface area (Å²) >= 11 is 0. The van der Waals surface area contributed by atoms with Gasteiger partial charge in [-0.2, -0.15) is 0 Å². The zero-order chi connectivity index (χ0) is 20.6. The Morgan fingerprint density at radius 1 is 0.786 bits per heavy atom. The molecule has 3 heteroatoms. The van der Waals surface area contributed by atoms with E-state index in [-0.39, 0.29) is 0 Å². The van der Waals surface area contributed by atoms with E-state index in [1.54, 1.807) is 14.2 Å². The fraction of sp³-hybridized carbons (Fsp3) is 0.520. The highest BCUT2D eigenvalue weighted by Gasteiger charge is 2.28. The van der Waals surface area contributed by atoms with E-state index in [2.05, 4.69) is 65.1 Å². The van der Waals surface area contributed by atoms with Gasteiger partial charge in [-0.3, -0.25) is 0 Å². The fourth-order valence-electron chi connectivity index (χ4n) is 4.87. The zero-order valence-corrected chi connectivity index (χ0v) is 18.6. The van der Waals surface area contributed by atoms with Crippen LogP contribution in [0.25, 0.3) is 0 Å². The van der Waals surface area contributed by atoms with Gasteiger partial charge in [0, 0.05) is 17.6 Å². The van der Waals surface area contributed by atoms with Gasteiger partial charge >= 0.3 is 0 Å². The number of nitrogens with one attached hydrogen (secondary N) is 1. The number of hydrogen-bond acceptors (Lipinski definition) is 3. The third-order valence-electron chi connectivity index (χ3n) is 6.90. The molecule has 0 amide bonds. The van der Waals surface area contributed by atoms with Crippen molar-refractivity contribution in [2.45, 2.75) is 65.8 Å². The van der Waals surface area contributed by atoms with Crippen LogP contribution in [0.1, 0.15) is 67.3 Å². The van der Waals surface area contributed by atoms with Gasteiger partial charge in [-0.15, -0.1) is 0 Å². The lowest BCUT2D eigenvalue weighted by atomic mass is 9.93. The van der Waals surface area contributed by atoms with Crippen molar-refractivity contribution in [2.24, 2.45) is 5.92 Å². The first-order chi connectivity index (χ1) is 13.3. The molecule has 0 aromatic heterocycles. The molecule has 4 atom stereocenters. The number of rotatable bonds is 2. The maximum Gasteiger partial charge on any atom is 0.122 e. The number of methoxy groups -OCH3 is 2. The molecule has 1 N–H and O–H groups in total. The molecule has 0 fully saturated rings. The van der Waals surface area contributed by atoms with E-state index in [0.717, 1.165) is 17.4 Å². The molecule has 0 saturated heterocycles. The summed E-state index contributed by atoms with van der Waals surface area (Å²) in [6.45, 7) is 13.4. The SMILES string of the molecule is COc1ccc2c(c1C)C(C)C(C)C2.COc1ccc2c(c1C)C(C)C(C)N2. The van der Waals surface area contributed by atoms with Gasteiger partial charge in [-0.05, 0) is 85.0 Å². The van der Waals surface area contributed by atoms with Crippen LogP contribution in [0.5, 0.6) is 11.5 Å². The first-order valence-electron chi connectivity index (χ1n) is 10.4. The molecule has 0 radical (unpaired) electrons. The van der Waals surface area contributed by atoms with Crippen molar-refractivity contribution in [1.82, 2.24) is 0 Å². The normalized spacial score (nSPS) is 24.6. The van der Waals surface area contributed by atoms with Gasteiger partial charge in [0.05, 0.1) is 14.2 Å². The Hall–Kier alpha value is -2.16. The van der Waals surface area contributed by atoms with E-state index in [4.69, 9.17) is 9.47 Å². The van der Waals surface area contributed by atoms with Gasteiger partial charge in [-0.1, -0.05) is 26.8 Å². The van der Waals surface area contributed by atoms with Crippen LogP contribution in [0.4, 0.5) is 5.69 Å². The minimum Gasteiger partial charge on any atom is -0.496 e. The molecule has 0 saturated carbocycles. The van der Waals surface area contributed by atoms with Crippen molar-refractivity contribution in [3.63, 3.8) is 0 Å². The topological polar surface area (TPSA) is 30.5 Å². The second kappa shape index (κ2) is 8.06. The lowest BCUT2D eigenvalue weighted by Gasteiger charge is -2.14. The Bertz CT molecular complexity index is 787. The molecule has 0 bridgehead atoms. The summed E-state index contributed by atoms with van der Waals surface area (Å²) in [4.78, 5) is 0. The Morgan fingerprint density at radius 2 is 1.36 bits per heavy atom. The van der Waals surface area contributed by atoms with E-state index < -0.39 is 0 Å². The minimum absolute atomic E-state index is 0.524. The number of benzene rings is 2. The van der Waals surface area contributed by atoms with Crippen LogP contribution < -0.4 is 14.8 Å². The van der Waals surface area contributed by atoms with E-state index in [0.29, 0.717) is 17.9 Å². The highest BCUT2D eigenvalue weighted by atomic mass is 16.5. The van der Waals surface area contributed by atoms with Crippen LogP contribution in [0.3, 0.4) is 0 Å². The van der Waals surface area contributed by atoms with Gasteiger partial charge < -0.3 is 14.8 Å². The van der Waals surface area contributed by atoms with Gasteiger partial charge in [-0.25, -0.2) is 0 Å². The summed E-state index contributed by atoms with van der Waals surface area (Å²) in [5.74, 6) is 4.05. The van der Waals surface area contributed by atoms with Crippen molar-refractivity contribution in [2.75, 3.05) is 19.5 Å². The Balaban J connectivity index is 0.000000161. The van der Waals surface area contributed by atoms with Gasteiger partial charge in [0.2, 0.25) is 0 Å². The predicted octanol–water partition coefficient (Wildman–Crippen LogP) is 6.22. The van der Waals surface area contributed by atoms with Crippen molar-refractivity contribution in [3.8, 4) is 11.5 Å². The van der Waals surface area contributed by atoms with E-state index in [1.807, 2.05) is 6.07 Å². The molecule has 28 heavy (non-hydrogen) atoms. The van der Waals surface area contributed by atoms with Crippen LogP contribution in [0.15, 0.2) is 24.3 Å². The quantitative estimate of drug-likeness (QED) is 0.670. The van der Waals surface area contributed by atoms with Crippen molar-refractivity contribution >= 4 is 5.69 Å². The van der Waals surface area contributed by atoms with Gasteiger partial charge in [0.1, 0.15) is 11.5 Å². The Labute approximate surface area is 170 Å². The third-order valence-corrected chi connectivity index (χ3v) is 6.90. The van der Waals surface area contributed by atoms with E-state index in [9.17, 15) is 0 Å². The maximum atomic E-state index is 5.35. The monoisotopic (exact) mass is 381 g/mol. The minimum atomic E-state index is 0.524. The van der Waals surface area contributed by atoms with Crippen LogP contribution in [-0.4, -0.2) is 20.3 Å². The average molecular weight is 382 g/mol. The summed E-state index contributed by atoms with van der Waals surface area (Å²) in [6, 6.07) is 8.99. The summed E-state index contributed by atoms with van der Waals surface area (Å²) < 4.78 is 10.7. The maximum absolute atomic E-state index is 5.35. The molecule has 1 aliphatic carbocycles. The molecular formula is C25H35NO2. The summed E-state index contributed by atoms with van der Waals surface area (Å²) in [6.07, 6.45) is 1.22. The van der Waals surface area contributed by atoms with E-state index in [1.165, 1.54) is 39.9 Å². The first kappa shape index (κ1) is 20.6. The number of fused-ring (bicyclic) bond motifs is 2. The molecule has 1 heterocycles. The van der Waals surface area contributed by atoms with Crippen LogP contribution in [0, 0.1) is 19.8 Å². The molecule has 152 valence electrons. The lowest BCUT2D eigenvalue weighted by molar-refractivity contribution is 0.410. The summed E-state index contributed by atoms with van der Waals surface area (Å²) in [5.41, 5.74) is 8.33.